The van der Waals surface area contributed by atoms with Gasteiger partial charge in [0, 0.05) is 27.8 Å². The Morgan fingerprint density at radius 3 is 2.63 bits per heavy atom. The molecule has 0 unspecified atom stereocenters. The third-order valence-corrected chi connectivity index (χ3v) is 4.62. The van der Waals surface area contributed by atoms with Crippen LogP contribution >= 0.6 is 11.6 Å². The zero-order chi connectivity index (χ0) is 19.6. The quantitative estimate of drug-likeness (QED) is 0.792. The highest BCUT2D eigenvalue weighted by atomic mass is 35.5. The van der Waals surface area contributed by atoms with Crippen LogP contribution in [0.2, 0.25) is 5.02 Å². The van der Waals surface area contributed by atoms with Crippen LogP contribution in [0.3, 0.4) is 0 Å². The highest BCUT2D eigenvalue weighted by Gasteiger charge is 2.34. The summed E-state index contributed by atoms with van der Waals surface area (Å²) in [5, 5.41) is 10.1. The molecule has 2 aromatic rings. The summed E-state index contributed by atoms with van der Waals surface area (Å²) in [4.78, 5) is 14.7. The molecular formula is C22H21ClFNO2. The Bertz CT molecular complexity index is 900. The van der Waals surface area contributed by atoms with E-state index in [2.05, 4.69) is 11.8 Å². The lowest BCUT2D eigenvalue weighted by atomic mass is 10.1. The summed E-state index contributed by atoms with van der Waals surface area (Å²) in [7, 11) is 0. The van der Waals surface area contributed by atoms with Crippen LogP contribution in [0.25, 0.3) is 0 Å². The lowest BCUT2D eigenvalue weighted by molar-refractivity contribution is 0.0728. The van der Waals surface area contributed by atoms with Crippen molar-refractivity contribution < 1.29 is 14.3 Å². The van der Waals surface area contributed by atoms with Crippen LogP contribution in [0.4, 0.5) is 4.39 Å². The molecular weight excluding hydrogens is 365 g/mol. The monoisotopic (exact) mass is 385 g/mol. The molecule has 0 saturated heterocycles. The minimum absolute atomic E-state index is 0.0966. The van der Waals surface area contributed by atoms with Crippen LogP contribution in [0.5, 0.6) is 0 Å². The van der Waals surface area contributed by atoms with E-state index in [4.69, 9.17) is 11.6 Å². The van der Waals surface area contributed by atoms with E-state index in [0.29, 0.717) is 21.7 Å². The Morgan fingerprint density at radius 2 is 2.00 bits per heavy atom. The van der Waals surface area contributed by atoms with Crippen molar-refractivity contribution in [2.45, 2.75) is 44.9 Å². The van der Waals surface area contributed by atoms with Gasteiger partial charge >= 0.3 is 0 Å². The number of nitrogens with zero attached hydrogens (tertiary/aromatic N) is 1. The van der Waals surface area contributed by atoms with Crippen molar-refractivity contribution in [3.63, 3.8) is 0 Å². The van der Waals surface area contributed by atoms with Crippen molar-refractivity contribution in [1.29, 1.82) is 0 Å². The van der Waals surface area contributed by atoms with Crippen LogP contribution in [0.15, 0.2) is 42.5 Å². The first-order chi connectivity index (χ1) is 12.7. The van der Waals surface area contributed by atoms with Crippen molar-refractivity contribution in [1.82, 2.24) is 4.90 Å². The fourth-order valence-electron chi connectivity index (χ4n) is 2.73. The van der Waals surface area contributed by atoms with Gasteiger partial charge in [-0.05, 0) is 57.0 Å². The summed E-state index contributed by atoms with van der Waals surface area (Å²) in [6, 6.07) is 11.6. The maximum Gasteiger partial charge on any atom is 0.254 e. The van der Waals surface area contributed by atoms with Crippen molar-refractivity contribution >= 4 is 17.5 Å². The maximum absolute atomic E-state index is 14.2. The topological polar surface area (TPSA) is 40.5 Å². The molecule has 1 fully saturated rings. The third kappa shape index (κ3) is 5.09. The summed E-state index contributed by atoms with van der Waals surface area (Å²) in [6.07, 6.45) is 1.80. The molecule has 27 heavy (non-hydrogen) atoms. The molecule has 1 aliphatic rings. The van der Waals surface area contributed by atoms with Gasteiger partial charge in [0.25, 0.3) is 5.91 Å². The predicted molar refractivity (Wildman–Crippen MR) is 104 cm³/mol. The molecule has 3 rings (SSSR count). The lowest BCUT2D eigenvalue weighted by Crippen LogP contribution is -2.33. The van der Waals surface area contributed by atoms with Crippen LogP contribution in [-0.2, 0) is 6.54 Å². The Labute approximate surface area is 163 Å². The van der Waals surface area contributed by atoms with Gasteiger partial charge in [-0.15, -0.1) is 0 Å². The molecule has 0 heterocycles. The van der Waals surface area contributed by atoms with Gasteiger partial charge in [0.15, 0.2) is 0 Å². The number of aliphatic hydroxyl groups is 1. The molecule has 0 radical (unpaired) electrons. The first-order valence-corrected chi connectivity index (χ1v) is 9.22. The minimum atomic E-state index is -1.11. The Kier molecular flexibility index (Phi) is 5.55. The lowest BCUT2D eigenvalue weighted by Gasteiger charge is -2.23. The molecule has 0 aliphatic heterocycles. The number of hydrogen-bond acceptors (Lipinski definition) is 2. The molecule has 0 aromatic heterocycles. The summed E-state index contributed by atoms with van der Waals surface area (Å²) < 4.78 is 14.2. The SMILES string of the molecule is CC(C)(O)C#Cc1cccc(C(=O)N(Cc2c(F)cccc2Cl)C2CC2)c1. The number of carbonyl (C=O) groups is 1. The van der Waals surface area contributed by atoms with E-state index >= 15 is 0 Å². The van der Waals surface area contributed by atoms with E-state index in [1.807, 2.05) is 0 Å². The van der Waals surface area contributed by atoms with Crippen LogP contribution in [0.1, 0.15) is 48.2 Å². The van der Waals surface area contributed by atoms with Crippen molar-refractivity contribution in [3.8, 4) is 11.8 Å². The van der Waals surface area contributed by atoms with Gasteiger partial charge in [0.05, 0.1) is 6.54 Å². The van der Waals surface area contributed by atoms with Gasteiger partial charge in [0.2, 0.25) is 0 Å². The van der Waals surface area contributed by atoms with E-state index < -0.39 is 11.4 Å². The van der Waals surface area contributed by atoms with Crippen LogP contribution in [0, 0.1) is 17.7 Å². The Balaban J connectivity index is 1.87. The number of hydrogen-bond donors (Lipinski definition) is 1. The number of carbonyl (C=O) groups excluding carboxylic acids is 1. The fourth-order valence-corrected chi connectivity index (χ4v) is 2.95. The predicted octanol–water partition coefficient (Wildman–Crippen LogP) is 4.41. The smallest absolute Gasteiger partial charge is 0.254 e. The van der Waals surface area contributed by atoms with E-state index in [0.717, 1.165) is 12.8 Å². The number of halogens is 2. The number of rotatable bonds is 4. The highest BCUT2D eigenvalue weighted by molar-refractivity contribution is 6.31. The van der Waals surface area contributed by atoms with Crippen LogP contribution < -0.4 is 0 Å². The fraction of sp³-hybridized carbons (Fsp3) is 0.318. The van der Waals surface area contributed by atoms with Gasteiger partial charge in [-0.3, -0.25) is 4.79 Å². The third-order valence-electron chi connectivity index (χ3n) is 4.26. The molecule has 0 bridgehead atoms. The second-order valence-corrected chi connectivity index (χ2v) is 7.66. The van der Waals surface area contributed by atoms with Crippen molar-refractivity contribution in [2.75, 3.05) is 0 Å². The average molecular weight is 386 g/mol. The van der Waals surface area contributed by atoms with Gasteiger partial charge < -0.3 is 10.0 Å². The normalized spacial score (nSPS) is 13.7. The molecule has 140 valence electrons. The second-order valence-electron chi connectivity index (χ2n) is 7.25. The van der Waals surface area contributed by atoms with E-state index in [1.165, 1.54) is 6.07 Å². The summed E-state index contributed by atoms with van der Waals surface area (Å²) in [5.41, 5.74) is 0.346. The number of amides is 1. The molecule has 1 saturated carbocycles. The molecule has 0 spiro atoms. The molecule has 0 atom stereocenters. The molecule has 1 amide bonds. The Morgan fingerprint density at radius 1 is 1.30 bits per heavy atom. The van der Waals surface area contributed by atoms with Crippen molar-refractivity contribution in [3.05, 3.63) is 70.0 Å². The first kappa shape index (κ1) is 19.4. The van der Waals surface area contributed by atoms with Gasteiger partial charge in [0.1, 0.15) is 11.4 Å². The van der Waals surface area contributed by atoms with Gasteiger partial charge in [-0.1, -0.05) is 35.6 Å². The minimum Gasteiger partial charge on any atom is -0.378 e. The van der Waals surface area contributed by atoms with Gasteiger partial charge in [-0.25, -0.2) is 4.39 Å². The largest absolute Gasteiger partial charge is 0.378 e. The van der Waals surface area contributed by atoms with E-state index in [-0.39, 0.29) is 18.5 Å². The van der Waals surface area contributed by atoms with Crippen molar-refractivity contribution in [2.24, 2.45) is 0 Å². The molecule has 3 nitrogen and oxygen atoms in total. The number of benzene rings is 2. The zero-order valence-electron chi connectivity index (χ0n) is 15.3. The van der Waals surface area contributed by atoms with E-state index in [1.54, 1.807) is 55.1 Å². The van der Waals surface area contributed by atoms with E-state index in [9.17, 15) is 14.3 Å². The molecule has 5 heteroatoms. The summed E-state index contributed by atoms with van der Waals surface area (Å²) >= 11 is 6.14. The highest BCUT2D eigenvalue weighted by Crippen LogP contribution is 2.32. The summed E-state index contributed by atoms with van der Waals surface area (Å²) in [6.45, 7) is 3.33. The van der Waals surface area contributed by atoms with Crippen LogP contribution in [-0.4, -0.2) is 27.6 Å². The zero-order valence-corrected chi connectivity index (χ0v) is 16.1. The maximum atomic E-state index is 14.2. The second kappa shape index (κ2) is 7.72. The Hall–Kier alpha value is -2.35. The average Bonchev–Trinajstić information content (AvgIpc) is 3.44. The standard InChI is InChI=1S/C22H21ClFNO2/c1-22(2,27)12-11-15-5-3-6-16(13-15)21(26)25(17-9-10-17)14-18-19(23)7-4-8-20(18)24/h3-8,13,17,27H,9-10,14H2,1-2H3. The summed E-state index contributed by atoms with van der Waals surface area (Å²) in [5.74, 6) is 5.03. The molecule has 1 N–H and O–H groups in total. The molecule has 2 aromatic carbocycles. The van der Waals surface area contributed by atoms with Gasteiger partial charge in [-0.2, -0.15) is 0 Å². The first-order valence-electron chi connectivity index (χ1n) is 8.84. The molecule has 1 aliphatic carbocycles.